The van der Waals surface area contributed by atoms with Gasteiger partial charge in [-0.3, -0.25) is 0 Å². The van der Waals surface area contributed by atoms with Crippen molar-refractivity contribution in [1.82, 2.24) is 9.13 Å². The number of aryl methyl sites for hydroxylation is 4. The molecule has 2 aromatic heterocycles. The molecule has 0 spiro atoms. The Bertz CT molecular complexity index is 383. The molecule has 0 amide bonds. The molecule has 0 atom stereocenters. The van der Waals surface area contributed by atoms with Crippen LogP contribution in [-0.2, 0) is 27.2 Å². The fourth-order valence-electron chi connectivity index (χ4n) is 1.38. The summed E-state index contributed by atoms with van der Waals surface area (Å²) in [5, 5.41) is 0. The summed E-state index contributed by atoms with van der Waals surface area (Å²) in [6.45, 7) is 6.36. The summed E-state index contributed by atoms with van der Waals surface area (Å²) in [4.78, 5) is 0. The second-order valence-electron chi connectivity index (χ2n) is 3.82. The zero-order valence-electron chi connectivity index (χ0n) is 11.4. The molecule has 0 unspecified atom stereocenters. The first-order chi connectivity index (χ1) is 7.65. The van der Waals surface area contributed by atoms with E-state index < -0.39 is 0 Å². The molecule has 0 aromatic carbocycles. The van der Waals surface area contributed by atoms with Crippen molar-refractivity contribution in [3.8, 4) is 0 Å². The van der Waals surface area contributed by atoms with Crippen LogP contribution in [-0.4, -0.2) is 9.13 Å². The van der Waals surface area contributed by atoms with E-state index in [-0.39, 0.29) is 34.0 Å². The summed E-state index contributed by atoms with van der Waals surface area (Å²) in [6.07, 6.45) is 12.3. The molecule has 6 heteroatoms. The van der Waals surface area contributed by atoms with Crippen LogP contribution in [0.2, 0.25) is 0 Å². The van der Waals surface area contributed by atoms with Gasteiger partial charge in [-0.25, -0.2) is 18.3 Å². The fourth-order valence-corrected chi connectivity index (χ4v) is 1.38. The Morgan fingerprint density at radius 1 is 0.778 bits per heavy atom. The highest BCUT2D eigenvalue weighted by Gasteiger charge is 1.92. The number of hydrogen-bond donors (Lipinski definition) is 0. The Morgan fingerprint density at radius 2 is 1.11 bits per heavy atom. The molecule has 0 aliphatic carbocycles. The van der Waals surface area contributed by atoms with Crippen molar-refractivity contribution < 1.29 is 43.1 Å². The van der Waals surface area contributed by atoms with Gasteiger partial charge in [0.25, 0.3) is 0 Å². The predicted molar refractivity (Wildman–Crippen MR) is 62.6 cm³/mol. The molecule has 0 saturated carbocycles. The van der Waals surface area contributed by atoms with Crippen LogP contribution in [0.4, 0.5) is 0 Å². The molecule has 104 valence electrons. The van der Waals surface area contributed by atoms with Gasteiger partial charge in [0.2, 0.25) is 12.7 Å². The molecular weight excluding hydrogens is 360 g/mol. The third-order valence-electron chi connectivity index (χ3n) is 2.38. The molecule has 2 aromatic rings. The molecule has 0 radical (unpaired) electrons. The normalized spacial score (nSPS) is 8.67. The summed E-state index contributed by atoms with van der Waals surface area (Å²) in [6, 6.07) is 0. The topological polar surface area (TPSA) is 17.6 Å². The maximum Gasteiger partial charge on any atom is 0.243 e. The average molecular weight is 382 g/mol. The monoisotopic (exact) mass is 380 g/mol. The number of aromatic nitrogens is 4. The van der Waals surface area contributed by atoms with Crippen LogP contribution in [0.3, 0.4) is 0 Å². The number of halogens is 2. The van der Waals surface area contributed by atoms with E-state index in [2.05, 4.69) is 48.0 Å². The lowest BCUT2D eigenvalue weighted by atomic mass is 10.7. The maximum absolute atomic E-state index is 2.12. The first-order valence-electron chi connectivity index (χ1n) is 5.67. The lowest BCUT2D eigenvalue weighted by Crippen LogP contribution is -3.00. The van der Waals surface area contributed by atoms with Gasteiger partial charge in [0.15, 0.2) is 0 Å². The van der Waals surface area contributed by atoms with E-state index in [1.807, 2.05) is 35.6 Å². The number of rotatable bonds is 2. The molecule has 0 aliphatic heterocycles. The third kappa shape index (κ3) is 6.96. The van der Waals surface area contributed by atoms with Gasteiger partial charge in [0.1, 0.15) is 24.8 Å². The highest BCUT2D eigenvalue weighted by atomic mass is 79.9. The zero-order valence-corrected chi connectivity index (χ0v) is 14.6. The van der Waals surface area contributed by atoms with Crippen molar-refractivity contribution in [3.63, 3.8) is 0 Å². The van der Waals surface area contributed by atoms with E-state index in [1.165, 1.54) is 0 Å². The van der Waals surface area contributed by atoms with Crippen molar-refractivity contribution in [2.45, 2.75) is 26.9 Å². The van der Waals surface area contributed by atoms with Crippen molar-refractivity contribution in [2.75, 3.05) is 0 Å². The fraction of sp³-hybridized carbons (Fsp3) is 0.500. The second kappa shape index (κ2) is 10.3. The Kier molecular flexibility index (Phi) is 11.3. The Labute approximate surface area is 130 Å². The minimum atomic E-state index is 0. The van der Waals surface area contributed by atoms with E-state index in [0.717, 1.165) is 13.1 Å². The SMILES string of the molecule is CCn1cc[n+](C)c1.CCn1cc[n+](C)c1.[Br-].[Br-]. The van der Waals surface area contributed by atoms with Crippen LogP contribution in [0.15, 0.2) is 37.4 Å². The van der Waals surface area contributed by atoms with Gasteiger partial charge >= 0.3 is 0 Å². The molecule has 0 aliphatic rings. The van der Waals surface area contributed by atoms with Crippen molar-refractivity contribution in [1.29, 1.82) is 0 Å². The molecule has 0 N–H and O–H groups in total. The van der Waals surface area contributed by atoms with Gasteiger partial charge in [-0.2, -0.15) is 0 Å². The summed E-state index contributed by atoms with van der Waals surface area (Å²) in [5.74, 6) is 0. The smallest absolute Gasteiger partial charge is 0.243 e. The van der Waals surface area contributed by atoms with Crippen LogP contribution >= 0.6 is 0 Å². The molecule has 0 saturated heterocycles. The van der Waals surface area contributed by atoms with Crippen molar-refractivity contribution in [2.24, 2.45) is 14.1 Å². The first-order valence-corrected chi connectivity index (χ1v) is 5.67. The minimum Gasteiger partial charge on any atom is -1.00 e. The molecular formula is C12H22Br2N4. The summed E-state index contributed by atoms with van der Waals surface area (Å²) < 4.78 is 8.31. The quantitative estimate of drug-likeness (QED) is 0.462. The van der Waals surface area contributed by atoms with E-state index in [4.69, 9.17) is 0 Å². The zero-order chi connectivity index (χ0) is 12.0. The van der Waals surface area contributed by atoms with E-state index in [1.54, 1.807) is 0 Å². The summed E-state index contributed by atoms with van der Waals surface area (Å²) in [5.41, 5.74) is 0. The van der Waals surface area contributed by atoms with Crippen LogP contribution in [0.5, 0.6) is 0 Å². The number of nitrogens with zero attached hydrogens (tertiary/aromatic N) is 4. The Balaban J connectivity index is 0. The Morgan fingerprint density at radius 3 is 1.22 bits per heavy atom. The van der Waals surface area contributed by atoms with Gasteiger partial charge < -0.3 is 34.0 Å². The predicted octanol–water partition coefficient (Wildman–Crippen LogP) is -5.33. The van der Waals surface area contributed by atoms with E-state index >= 15 is 0 Å². The van der Waals surface area contributed by atoms with Crippen LogP contribution in [0.25, 0.3) is 0 Å². The number of imidazole rings is 2. The van der Waals surface area contributed by atoms with E-state index in [9.17, 15) is 0 Å². The summed E-state index contributed by atoms with van der Waals surface area (Å²) in [7, 11) is 4.04. The molecule has 0 fully saturated rings. The molecule has 4 nitrogen and oxygen atoms in total. The van der Waals surface area contributed by atoms with E-state index in [0.29, 0.717) is 0 Å². The molecule has 0 bridgehead atoms. The highest BCUT2D eigenvalue weighted by molar-refractivity contribution is 4.64. The minimum absolute atomic E-state index is 0. The average Bonchev–Trinajstić information content (AvgIpc) is 2.88. The standard InChI is InChI=1S/2C6H11N2.2BrH/c2*1-3-8-5-4-7(2)6-8;;/h2*4-6H,3H2,1-2H3;2*1H/q2*+1;;/p-2. The van der Waals surface area contributed by atoms with Crippen LogP contribution < -0.4 is 43.1 Å². The van der Waals surface area contributed by atoms with Crippen LogP contribution in [0.1, 0.15) is 13.8 Å². The molecule has 2 rings (SSSR count). The molecule has 2 heterocycles. The van der Waals surface area contributed by atoms with Crippen molar-refractivity contribution in [3.05, 3.63) is 37.4 Å². The summed E-state index contributed by atoms with van der Waals surface area (Å²) >= 11 is 0. The van der Waals surface area contributed by atoms with Crippen molar-refractivity contribution >= 4 is 0 Å². The van der Waals surface area contributed by atoms with Crippen LogP contribution in [0, 0.1) is 0 Å². The second-order valence-corrected chi connectivity index (χ2v) is 3.82. The first kappa shape index (κ1) is 19.7. The Hall–Kier alpha value is -0.620. The van der Waals surface area contributed by atoms with Gasteiger partial charge in [0.05, 0.1) is 27.2 Å². The number of hydrogen-bond acceptors (Lipinski definition) is 0. The molecule has 18 heavy (non-hydrogen) atoms. The third-order valence-corrected chi connectivity index (χ3v) is 2.38. The highest BCUT2D eigenvalue weighted by Crippen LogP contribution is 1.79. The maximum atomic E-state index is 2.12. The van der Waals surface area contributed by atoms with Gasteiger partial charge in [0, 0.05) is 0 Å². The largest absolute Gasteiger partial charge is 1.00 e. The lowest BCUT2D eigenvalue weighted by molar-refractivity contribution is -0.671. The lowest BCUT2D eigenvalue weighted by Gasteiger charge is -1.81. The van der Waals surface area contributed by atoms with Gasteiger partial charge in [-0.1, -0.05) is 0 Å². The van der Waals surface area contributed by atoms with Gasteiger partial charge in [-0.05, 0) is 13.8 Å². The van der Waals surface area contributed by atoms with Gasteiger partial charge in [-0.15, -0.1) is 0 Å².